The van der Waals surface area contributed by atoms with Crippen LogP contribution in [-0.4, -0.2) is 57.8 Å². The molecule has 1 atom stereocenters. The zero-order valence-corrected chi connectivity index (χ0v) is 17.6. The summed E-state index contributed by atoms with van der Waals surface area (Å²) in [6, 6.07) is 7.85. The number of carbonyl (C=O) groups excluding carboxylic acids is 2. The fourth-order valence-corrected chi connectivity index (χ4v) is 2.81. The van der Waals surface area contributed by atoms with Gasteiger partial charge in [0.15, 0.2) is 0 Å². The van der Waals surface area contributed by atoms with Crippen LogP contribution in [0.2, 0.25) is 0 Å². The zero-order chi connectivity index (χ0) is 22.1. The third-order valence-corrected chi connectivity index (χ3v) is 4.17. The van der Waals surface area contributed by atoms with Crippen LogP contribution < -0.4 is 11.0 Å². The Morgan fingerprint density at radius 3 is 2.60 bits per heavy atom. The lowest BCUT2D eigenvalue weighted by Crippen LogP contribution is -2.62. The molecule has 2 rings (SSSR count). The molecule has 1 saturated heterocycles. The van der Waals surface area contributed by atoms with E-state index in [-0.39, 0.29) is 19.6 Å². The number of nitrogens with zero attached hydrogens (tertiary/aromatic N) is 2. The van der Waals surface area contributed by atoms with Crippen LogP contribution >= 0.6 is 0 Å². The standard InChI is InChI=1S/C20H30N4O6/c1-20(2,3)30-18(27)16-10-7-12-21-24(16)19(28)23(13-11-17(25)26)22-29-14-15-8-5-4-6-9-15/h4-6,8-9,16,21-22H,7,10-14H2,1-3H3,(H,25,26)/t16-/m0/s1. The van der Waals surface area contributed by atoms with E-state index in [9.17, 15) is 14.4 Å². The Morgan fingerprint density at radius 1 is 1.27 bits per heavy atom. The fourth-order valence-electron chi connectivity index (χ4n) is 2.81. The highest BCUT2D eigenvalue weighted by Gasteiger charge is 2.37. The molecule has 0 aromatic heterocycles. The average Bonchev–Trinajstić information content (AvgIpc) is 2.69. The Labute approximate surface area is 176 Å². The summed E-state index contributed by atoms with van der Waals surface area (Å²) in [5.74, 6) is -1.58. The number of carbonyl (C=O) groups is 3. The Hall–Kier alpha value is -2.69. The first-order valence-electron chi connectivity index (χ1n) is 9.87. The SMILES string of the molecule is CC(C)(C)OC(=O)[C@@H]1CCCNN1C(=O)N(CCC(=O)O)NOCc1ccccc1. The number of ether oxygens (including phenoxy) is 1. The minimum absolute atomic E-state index is 0.151. The monoisotopic (exact) mass is 422 g/mol. The van der Waals surface area contributed by atoms with E-state index in [1.165, 1.54) is 5.01 Å². The third kappa shape index (κ3) is 7.62. The van der Waals surface area contributed by atoms with Crippen LogP contribution in [0.15, 0.2) is 30.3 Å². The Morgan fingerprint density at radius 2 is 1.97 bits per heavy atom. The molecule has 30 heavy (non-hydrogen) atoms. The molecule has 0 unspecified atom stereocenters. The van der Waals surface area contributed by atoms with E-state index >= 15 is 0 Å². The molecule has 0 radical (unpaired) electrons. The molecular weight excluding hydrogens is 392 g/mol. The summed E-state index contributed by atoms with van der Waals surface area (Å²) in [6.07, 6.45) is 0.838. The van der Waals surface area contributed by atoms with Crippen LogP contribution in [0.4, 0.5) is 4.79 Å². The van der Waals surface area contributed by atoms with Crippen molar-refractivity contribution in [3.63, 3.8) is 0 Å². The highest BCUT2D eigenvalue weighted by molar-refractivity contribution is 5.83. The maximum atomic E-state index is 13.1. The third-order valence-electron chi connectivity index (χ3n) is 4.17. The summed E-state index contributed by atoms with van der Waals surface area (Å²) >= 11 is 0. The lowest BCUT2D eigenvalue weighted by atomic mass is 10.1. The first kappa shape index (κ1) is 23.6. The van der Waals surface area contributed by atoms with Crippen molar-refractivity contribution in [2.75, 3.05) is 13.1 Å². The first-order chi connectivity index (χ1) is 14.2. The van der Waals surface area contributed by atoms with Crippen LogP contribution in [0.5, 0.6) is 0 Å². The first-order valence-corrected chi connectivity index (χ1v) is 9.87. The normalized spacial score (nSPS) is 16.8. The average molecular weight is 422 g/mol. The van der Waals surface area contributed by atoms with Crippen LogP contribution in [-0.2, 0) is 25.8 Å². The molecule has 0 saturated carbocycles. The number of hydrazine groups is 2. The molecule has 1 fully saturated rings. The van der Waals surface area contributed by atoms with E-state index in [1.807, 2.05) is 30.3 Å². The van der Waals surface area contributed by atoms with E-state index in [4.69, 9.17) is 14.7 Å². The Bertz CT molecular complexity index is 722. The topological polar surface area (TPSA) is 120 Å². The lowest BCUT2D eigenvalue weighted by molar-refractivity contribution is -0.164. The van der Waals surface area contributed by atoms with E-state index in [1.54, 1.807) is 20.8 Å². The molecular formula is C20H30N4O6. The van der Waals surface area contributed by atoms with Crippen molar-refractivity contribution in [2.45, 2.75) is 58.3 Å². The number of rotatable bonds is 8. The molecule has 1 aromatic rings. The summed E-state index contributed by atoms with van der Waals surface area (Å²) in [4.78, 5) is 42.1. The van der Waals surface area contributed by atoms with Gasteiger partial charge in [-0.15, -0.1) is 5.59 Å². The number of nitrogens with one attached hydrogen (secondary N) is 2. The predicted octanol–water partition coefficient (Wildman–Crippen LogP) is 1.83. The highest BCUT2D eigenvalue weighted by Crippen LogP contribution is 2.18. The Kier molecular flexibility index (Phi) is 8.58. The number of carboxylic acids is 1. The zero-order valence-electron chi connectivity index (χ0n) is 17.6. The number of esters is 1. The van der Waals surface area contributed by atoms with Crippen molar-refractivity contribution in [3.05, 3.63) is 35.9 Å². The van der Waals surface area contributed by atoms with E-state index in [2.05, 4.69) is 11.0 Å². The van der Waals surface area contributed by atoms with Gasteiger partial charge in [-0.2, -0.15) is 0 Å². The summed E-state index contributed by atoms with van der Waals surface area (Å²) in [7, 11) is 0. The molecule has 10 heteroatoms. The van der Waals surface area contributed by atoms with Crippen LogP contribution in [0.25, 0.3) is 0 Å². The second-order valence-corrected chi connectivity index (χ2v) is 7.91. The minimum atomic E-state index is -1.06. The number of hydrogen-bond donors (Lipinski definition) is 3. The number of carboxylic acid groups (broad SMARTS) is 1. The molecule has 166 valence electrons. The number of hydrogen-bond acceptors (Lipinski definition) is 7. The maximum Gasteiger partial charge on any atom is 0.351 e. The van der Waals surface area contributed by atoms with Crippen LogP contribution in [0, 0.1) is 0 Å². The van der Waals surface area contributed by atoms with Gasteiger partial charge < -0.3 is 9.84 Å². The van der Waals surface area contributed by atoms with Gasteiger partial charge in [-0.25, -0.2) is 25.0 Å². The van der Waals surface area contributed by atoms with Gasteiger partial charge in [0.1, 0.15) is 11.6 Å². The highest BCUT2D eigenvalue weighted by atomic mass is 16.7. The van der Waals surface area contributed by atoms with Gasteiger partial charge in [0.25, 0.3) is 0 Å². The minimum Gasteiger partial charge on any atom is -0.481 e. The van der Waals surface area contributed by atoms with E-state index < -0.39 is 29.6 Å². The number of amides is 2. The molecule has 1 heterocycles. The molecule has 1 aliphatic rings. The maximum absolute atomic E-state index is 13.1. The molecule has 3 N–H and O–H groups in total. The lowest BCUT2D eigenvalue weighted by Gasteiger charge is -2.38. The summed E-state index contributed by atoms with van der Waals surface area (Å²) in [5.41, 5.74) is 5.61. The predicted molar refractivity (Wildman–Crippen MR) is 107 cm³/mol. The quantitative estimate of drug-likeness (QED) is 0.429. The van der Waals surface area contributed by atoms with Crippen molar-refractivity contribution in [1.82, 2.24) is 21.0 Å². The second kappa shape index (κ2) is 10.9. The largest absolute Gasteiger partial charge is 0.481 e. The number of benzene rings is 1. The summed E-state index contributed by atoms with van der Waals surface area (Å²) in [6.45, 7) is 5.79. The van der Waals surface area contributed by atoms with Crippen molar-refractivity contribution in [2.24, 2.45) is 0 Å². The van der Waals surface area contributed by atoms with E-state index in [0.717, 1.165) is 10.6 Å². The number of urea groups is 1. The van der Waals surface area contributed by atoms with Crippen molar-refractivity contribution in [3.8, 4) is 0 Å². The van der Waals surface area contributed by atoms with Crippen molar-refractivity contribution >= 4 is 18.0 Å². The van der Waals surface area contributed by atoms with Gasteiger partial charge in [-0.1, -0.05) is 30.3 Å². The Balaban J connectivity index is 2.06. The summed E-state index contributed by atoms with van der Waals surface area (Å²) in [5, 5.41) is 11.2. The fraction of sp³-hybridized carbons (Fsp3) is 0.550. The summed E-state index contributed by atoms with van der Waals surface area (Å²) < 4.78 is 5.44. The van der Waals surface area contributed by atoms with Gasteiger partial charge in [-0.05, 0) is 39.2 Å². The van der Waals surface area contributed by atoms with Gasteiger partial charge in [0, 0.05) is 6.54 Å². The van der Waals surface area contributed by atoms with Gasteiger partial charge in [0.2, 0.25) is 0 Å². The molecule has 1 aliphatic heterocycles. The molecule has 0 bridgehead atoms. The van der Waals surface area contributed by atoms with Crippen LogP contribution in [0.1, 0.15) is 45.6 Å². The van der Waals surface area contributed by atoms with Crippen molar-refractivity contribution in [1.29, 1.82) is 0 Å². The number of aliphatic carboxylic acids is 1. The molecule has 1 aromatic carbocycles. The molecule has 0 aliphatic carbocycles. The van der Waals surface area contributed by atoms with Crippen molar-refractivity contribution < 1.29 is 29.1 Å². The van der Waals surface area contributed by atoms with Crippen LogP contribution in [0.3, 0.4) is 0 Å². The van der Waals surface area contributed by atoms with E-state index in [0.29, 0.717) is 19.4 Å². The molecule has 10 nitrogen and oxygen atoms in total. The molecule has 2 amide bonds. The molecule has 0 spiro atoms. The smallest absolute Gasteiger partial charge is 0.351 e. The van der Waals surface area contributed by atoms with Gasteiger partial charge in [-0.3, -0.25) is 9.63 Å². The van der Waals surface area contributed by atoms with Gasteiger partial charge in [0.05, 0.1) is 19.6 Å². The van der Waals surface area contributed by atoms with Gasteiger partial charge >= 0.3 is 18.0 Å². The second-order valence-electron chi connectivity index (χ2n) is 7.91.